The van der Waals surface area contributed by atoms with Gasteiger partial charge in [-0.3, -0.25) is 9.59 Å². The average molecular weight is 468 g/mol. The molecule has 0 saturated carbocycles. The lowest BCUT2D eigenvalue weighted by molar-refractivity contribution is -0.139. The number of likely N-dealkylation sites (N-methyl/N-ethyl adjacent to an activating group) is 1. The Morgan fingerprint density at radius 2 is 1.59 bits per heavy atom. The number of benzene rings is 2. The molecule has 0 aromatic heterocycles. The number of hydrogen-bond acceptors (Lipinski definition) is 5. The van der Waals surface area contributed by atoms with Gasteiger partial charge in [0.25, 0.3) is 0 Å². The first-order valence-corrected chi connectivity index (χ1v) is 11.3. The summed E-state index contributed by atoms with van der Waals surface area (Å²) in [6.45, 7) is 4.13. The van der Waals surface area contributed by atoms with Crippen molar-refractivity contribution in [3.8, 4) is 11.1 Å². The number of rotatable bonds is 10. The number of carboxylic acid groups (broad SMARTS) is 1. The third-order valence-electron chi connectivity index (χ3n) is 5.87. The maximum atomic E-state index is 12.8. The molecule has 2 amide bonds. The van der Waals surface area contributed by atoms with Gasteiger partial charge in [-0.05, 0) is 41.8 Å². The lowest BCUT2D eigenvalue weighted by Gasteiger charge is -2.26. The number of nitrogens with one attached hydrogen (secondary N) is 2. The Morgan fingerprint density at radius 1 is 1.03 bits per heavy atom. The van der Waals surface area contributed by atoms with E-state index in [4.69, 9.17) is 9.84 Å². The van der Waals surface area contributed by atoms with Crippen molar-refractivity contribution in [1.29, 1.82) is 0 Å². The monoisotopic (exact) mass is 467 g/mol. The van der Waals surface area contributed by atoms with E-state index in [2.05, 4.69) is 22.8 Å². The fourth-order valence-electron chi connectivity index (χ4n) is 4.26. The first-order chi connectivity index (χ1) is 16.1. The molecule has 3 rings (SSSR count). The third-order valence-corrected chi connectivity index (χ3v) is 5.87. The number of amides is 2. The van der Waals surface area contributed by atoms with Crippen LogP contribution in [0.15, 0.2) is 48.5 Å². The Morgan fingerprint density at radius 3 is 2.12 bits per heavy atom. The van der Waals surface area contributed by atoms with E-state index in [0.29, 0.717) is 0 Å². The van der Waals surface area contributed by atoms with Crippen molar-refractivity contribution < 1.29 is 24.2 Å². The summed E-state index contributed by atoms with van der Waals surface area (Å²) in [5.41, 5.74) is 3.88. The molecule has 0 fully saturated rings. The van der Waals surface area contributed by atoms with Gasteiger partial charge in [-0.2, -0.15) is 0 Å². The maximum absolute atomic E-state index is 12.8. The van der Waals surface area contributed by atoms with Gasteiger partial charge in [0.1, 0.15) is 12.6 Å². The molecule has 0 unspecified atom stereocenters. The first kappa shape index (κ1) is 25.2. The summed E-state index contributed by atoms with van der Waals surface area (Å²) in [6, 6.07) is 15.3. The minimum atomic E-state index is -0.930. The molecular formula is C26H33N3O5. The molecule has 8 heteroatoms. The Bertz CT molecular complexity index is 1000. The molecule has 3 N–H and O–H groups in total. The van der Waals surface area contributed by atoms with E-state index in [1.54, 1.807) is 32.8 Å². The van der Waals surface area contributed by atoms with Gasteiger partial charge in [0.15, 0.2) is 0 Å². The smallest absolute Gasteiger partial charge is 0.407 e. The van der Waals surface area contributed by atoms with E-state index in [1.807, 2.05) is 36.4 Å². The quantitative estimate of drug-likeness (QED) is 0.496. The van der Waals surface area contributed by atoms with E-state index >= 15 is 0 Å². The zero-order chi connectivity index (χ0) is 24.9. The van der Waals surface area contributed by atoms with Gasteiger partial charge in [0.05, 0.1) is 6.42 Å². The molecule has 0 heterocycles. The Kier molecular flexibility index (Phi) is 7.94. The molecule has 0 bridgehead atoms. The summed E-state index contributed by atoms with van der Waals surface area (Å²) in [4.78, 5) is 38.3. The molecule has 2 aromatic rings. The highest BCUT2D eigenvalue weighted by Crippen LogP contribution is 2.44. The molecular weight excluding hydrogens is 434 g/mol. The van der Waals surface area contributed by atoms with Crippen LogP contribution < -0.4 is 10.6 Å². The second kappa shape index (κ2) is 10.7. The summed E-state index contributed by atoms with van der Waals surface area (Å²) in [6.07, 6.45) is -0.750. The van der Waals surface area contributed by atoms with Gasteiger partial charge in [-0.15, -0.1) is 0 Å². The van der Waals surface area contributed by atoms with Crippen LogP contribution in [0.4, 0.5) is 4.79 Å². The Hall–Kier alpha value is -3.39. The van der Waals surface area contributed by atoms with Crippen LogP contribution in [0, 0.1) is 5.41 Å². The largest absolute Gasteiger partial charge is 0.481 e. The number of alkyl carbamates (subject to hydrolysis) is 1. The highest BCUT2D eigenvalue weighted by atomic mass is 16.5. The lowest BCUT2D eigenvalue weighted by Crippen LogP contribution is -2.53. The Balaban J connectivity index is 1.62. The van der Waals surface area contributed by atoms with Gasteiger partial charge >= 0.3 is 12.1 Å². The van der Waals surface area contributed by atoms with Crippen LogP contribution in [0.1, 0.15) is 37.3 Å². The first-order valence-electron chi connectivity index (χ1n) is 11.3. The SMILES string of the molecule is CN(C)C[C@H](NC(=O)OCC1c2ccccc2-c2ccccc21)C(=O)NCC(C)(C)CC(=O)O. The highest BCUT2D eigenvalue weighted by molar-refractivity contribution is 5.86. The second-order valence-electron chi connectivity index (χ2n) is 9.74. The van der Waals surface area contributed by atoms with Crippen LogP contribution >= 0.6 is 0 Å². The predicted octanol–water partition coefficient (Wildman–Crippen LogP) is 3.07. The summed E-state index contributed by atoms with van der Waals surface area (Å²) in [5.74, 6) is -1.39. The summed E-state index contributed by atoms with van der Waals surface area (Å²) < 4.78 is 5.57. The van der Waals surface area contributed by atoms with Gasteiger partial charge in [0, 0.05) is 19.0 Å². The van der Waals surface area contributed by atoms with Crippen LogP contribution in [0.25, 0.3) is 11.1 Å². The molecule has 0 spiro atoms. The maximum Gasteiger partial charge on any atom is 0.407 e. The summed E-state index contributed by atoms with van der Waals surface area (Å²) >= 11 is 0. The van der Waals surface area contributed by atoms with Crippen LogP contribution in [0.3, 0.4) is 0 Å². The molecule has 0 radical (unpaired) electrons. The van der Waals surface area contributed by atoms with E-state index in [0.717, 1.165) is 22.3 Å². The molecule has 0 aliphatic heterocycles. The second-order valence-corrected chi connectivity index (χ2v) is 9.74. The molecule has 2 aromatic carbocycles. The van der Waals surface area contributed by atoms with E-state index in [-0.39, 0.29) is 37.9 Å². The van der Waals surface area contributed by atoms with Gasteiger partial charge < -0.3 is 25.4 Å². The molecule has 1 aliphatic carbocycles. The Labute approximate surface area is 200 Å². The highest BCUT2D eigenvalue weighted by Gasteiger charge is 2.30. The fraction of sp³-hybridized carbons (Fsp3) is 0.423. The minimum Gasteiger partial charge on any atom is -0.481 e. The van der Waals surface area contributed by atoms with Crippen LogP contribution in [-0.4, -0.2) is 67.8 Å². The van der Waals surface area contributed by atoms with Crippen molar-refractivity contribution in [1.82, 2.24) is 15.5 Å². The minimum absolute atomic E-state index is 0.0731. The number of carbonyl (C=O) groups excluding carboxylic acids is 2. The molecule has 1 atom stereocenters. The van der Waals surface area contributed by atoms with E-state index in [9.17, 15) is 14.4 Å². The number of aliphatic carboxylic acids is 1. The van der Waals surface area contributed by atoms with Crippen molar-refractivity contribution in [2.45, 2.75) is 32.2 Å². The summed E-state index contributed by atoms with van der Waals surface area (Å²) in [7, 11) is 3.60. The zero-order valence-corrected chi connectivity index (χ0v) is 20.1. The van der Waals surface area contributed by atoms with Crippen molar-refractivity contribution in [3.63, 3.8) is 0 Å². The standard InChI is InChI=1S/C26H33N3O5/c1-26(2,13-23(30)31)16-27-24(32)22(14-29(3)4)28-25(33)34-15-21-19-11-7-5-9-17(19)18-10-6-8-12-20(18)21/h5-12,21-22H,13-16H2,1-4H3,(H,27,32)(H,28,33)(H,30,31)/t22-/m0/s1. The topological polar surface area (TPSA) is 108 Å². The summed E-state index contributed by atoms with van der Waals surface area (Å²) in [5, 5.41) is 14.5. The van der Waals surface area contributed by atoms with E-state index in [1.165, 1.54) is 0 Å². The van der Waals surface area contributed by atoms with Crippen LogP contribution in [0.2, 0.25) is 0 Å². The number of ether oxygens (including phenoxy) is 1. The molecule has 182 valence electrons. The van der Waals surface area contributed by atoms with Crippen LogP contribution in [-0.2, 0) is 14.3 Å². The number of fused-ring (bicyclic) bond motifs is 3. The molecule has 34 heavy (non-hydrogen) atoms. The van der Waals surface area contributed by atoms with E-state index < -0.39 is 23.5 Å². The molecule has 1 aliphatic rings. The predicted molar refractivity (Wildman–Crippen MR) is 130 cm³/mol. The normalized spacial score (nSPS) is 13.7. The fourth-order valence-corrected chi connectivity index (χ4v) is 4.26. The number of carbonyl (C=O) groups is 3. The van der Waals surface area contributed by atoms with Crippen molar-refractivity contribution in [2.24, 2.45) is 5.41 Å². The lowest BCUT2D eigenvalue weighted by atomic mass is 9.89. The molecule has 8 nitrogen and oxygen atoms in total. The van der Waals surface area contributed by atoms with Crippen molar-refractivity contribution in [3.05, 3.63) is 59.7 Å². The zero-order valence-electron chi connectivity index (χ0n) is 20.1. The van der Waals surface area contributed by atoms with Gasteiger partial charge in [-0.25, -0.2) is 4.79 Å². The van der Waals surface area contributed by atoms with Crippen molar-refractivity contribution in [2.75, 3.05) is 33.8 Å². The number of hydrogen-bond donors (Lipinski definition) is 3. The number of nitrogens with zero attached hydrogens (tertiary/aromatic N) is 1. The third kappa shape index (κ3) is 6.35. The van der Waals surface area contributed by atoms with Gasteiger partial charge in [0.2, 0.25) is 5.91 Å². The number of carboxylic acids is 1. The van der Waals surface area contributed by atoms with Gasteiger partial charge in [-0.1, -0.05) is 62.4 Å². The van der Waals surface area contributed by atoms with Crippen molar-refractivity contribution >= 4 is 18.0 Å². The molecule has 0 saturated heterocycles. The average Bonchev–Trinajstić information content (AvgIpc) is 3.08. The van der Waals surface area contributed by atoms with Crippen LogP contribution in [0.5, 0.6) is 0 Å².